The summed E-state index contributed by atoms with van der Waals surface area (Å²) in [4.78, 5) is 23.4. The average Bonchev–Trinajstić information content (AvgIpc) is 2.48. The van der Waals surface area contributed by atoms with Gasteiger partial charge in [0.05, 0.1) is 0 Å². The van der Waals surface area contributed by atoms with Crippen molar-refractivity contribution in [2.45, 2.75) is 13.0 Å². The first-order chi connectivity index (χ1) is 9.66. The molecule has 4 heteroatoms. The Morgan fingerprint density at radius 2 is 1.60 bits per heavy atom. The lowest BCUT2D eigenvalue weighted by molar-refractivity contribution is -0.154. The monoisotopic (exact) mass is 288 g/mol. The van der Waals surface area contributed by atoms with Crippen molar-refractivity contribution in [2.24, 2.45) is 0 Å². The van der Waals surface area contributed by atoms with E-state index < -0.39 is 11.8 Å². The van der Waals surface area contributed by atoms with Crippen LogP contribution in [0.1, 0.15) is 11.1 Å². The molecule has 0 aliphatic heterocycles. The first-order valence-electron chi connectivity index (χ1n) is 6.14. The molecule has 0 N–H and O–H groups in total. The van der Waals surface area contributed by atoms with Gasteiger partial charge in [-0.2, -0.15) is 0 Å². The van der Waals surface area contributed by atoms with Crippen molar-refractivity contribution >= 4 is 23.4 Å². The molecule has 0 aliphatic carbocycles. The number of rotatable bonds is 5. The van der Waals surface area contributed by atoms with Crippen molar-refractivity contribution in [3.8, 4) is 0 Å². The fourth-order valence-electron chi connectivity index (χ4n) is 1.69. The molecule has 0 amide bonds. The molecule has 2 aromatic carbocycles. The summed E-state index contributed by atoms with van der Waals surface area (Å²) < 4.78 is 4.97. The number of ether oxygens (including phenoxy) is 1. The normalized spacial score (nSPS) is 10.1. The maximum atomic E-state index is 11.8. The second-order valence-corrected chi connectivity index (χ2v) is 4.66. The standard InChI is InChI=1S/C16H13ClO3/c17-14-9-5-4-8-13(14)10-15(18)16(19)20-11-12-6-2-1-3-7-12/h1-9H,10-11H2. The van der Waals surface area contributed by atoms with Crippen molar-refractivity contribution in [1.29, 1.82) is 0 Å². The lowest BCUT2D eigenvalue weighted by Crippen LogP contribution is -2.19. The second-order valence-electron chi connectivity index (χ2n) is 4.25. The molecule has 0 radical (unpaired) electrons. The van der Waals surface area contributed by atoms with Crippen LogP contribution in [0.15, 0.2) is 54.6 Å². The smallest absolute Gasteiger partial charge is 0.375 e. The van der Waals surface area contributed by atoms with Crippen LogP contribution in [0.25, 0.3) is 0 Å². The molecule has 0 heterocycles. The maximum Gasteiger partial charge on any atom is 0.375 e. The summed E-state index contributed by atoms with van der Waals surface area (Å²) in [5.41, 5.74) is 1.46. The number of halogens is 1. The number of carbonyl (C=O) groups excluding carboxylic acids is 2. The topological polar surface area (TPSA) is 43.4 Å². The van der Waals surface area contributed by atoms with Gasteiger partial charge in [-0.05, 0) is 17.2 Å². The second kappa shape index (κ2) is 6.87. The Hall–Kier alpha value is -2.13. The van der Waals surface area contributed by atoms with E-state index in [4.69, 9.17) is 16.3 Å². The number of ketones is 1. The van der Waals surface area contributed by atoms with Gasteiger partial charge in [-0.3, -0.25) is 4.79 Å². The third-order valence-corrected chi connectivity index (χ3v) is 3.12. The van der Waals surface area contributed by atoms with Crippen molar-refractivity contribution in [3.05, 3.63) is 70.7 Å². The Labute approximate surface area is 122 Å². The number of esters is 1. The predicted molar refractivity (Wildman–Crippen MR) is 76.4 cm³/mol. The van der Waals surface area contributed by atoms with Crippen molar-refractivity contribution < 1.29 is 14.3 Å². The quantitative estimate of drug-likeness (QED) is 0.627. The van der Waals surface area contributed by atoms with Gasteiger partial charge in [-0.1, -0.05) is 60.1 Å². The van der Waals surface area contributed by atoms with Crippen LogP contribution in [0.3, 0.4) is 0 Å². The molecule has 0 aromatic heterocycles. The SMILES string of the molecule is O=C(Cc1ccccc1Cl)C(=O)OCc1ccccc1. The summed E-state index contributed by atoms with van der Waals surface area (Å²) in [6, 6.07) is 16.1. The third kappa shape index (κ3) is 3.93. The molecule has 0 bridgehead atoms. The van der Waals surface area contributed by atoms with Crippen LogP contribution < -0.4 is 0 Å². The van der Waals surface area contributed by atoms with E-state index in [0.717, 1.165) is 5.56 Å². The van der Waals surface area contributed by atoms with Crippen LogP contribution in [0, 0.1) is 0 Å². The van der Waals surface area contributed by atoms with Gasteiger partial charge >= 0.3 is 5.97 Å². The lowest BCUT2D eigenvalue weighted by Gasteiger charge is -2.05. The number of Topliss-reactive ketones (excluding diaryl/α,β-unsaturated/α-hetero) is 1. The lowest BCUT2D eigenvalue weighted by atomic mass is 10.1. The van der Waals surface area contributed by atoms with Gasteiger partial charge in [0.2, 0.25) is 5.78 Å². The Balaban J connectivity index is 1.90. The summed E-state index contributed by atoms with van der Waals surface area (Å²) >= 11 is 5.94. The van der Waals surface area contributed by atoms with E-state index in [1.165, 1.54) is 0 Å². The van der Waals surface area contributed by atoms with E-state index in [0.29, 0.717) is 10.6 Å². The van der Waals surface area contributed by atoms with Crippen molar-refractivity contribution in [2.75, 3.05) is 0 Å². The van der Waals surface area contributed by atoms with Crippen LogP contribution in [0.5, 0.6) is 0 Å². The molecule has 3 nitrogen and oxygen atoms in total. The predicted octanol–water partition coefficient (Wildman–Crippen LogP) is 3.20. The van der Waals surface area contributed by atoms with Gasteiger partial charge in [-0.15, -0.1) is 0 Å². The molecule has 102 valence electrons. The van der Waals surface area contributed by atoms with Gasteiger partial charge in [0.15, 0.2) is 0 Å². The largest absolute Gasteiger partial charge is 0.455 e. The molecule has 0 atom stereocenters. The van der Waals surface area contributed by atoms with Gasteiger partial charge in [0, 0.05) is 11.4 Å². The molecule has 2 aromatic rings. The van der Waals surface area contributed by atoms with Crippen LogP contribution in [-0.4, -0.2) is 11.8 Å². The van der Waals surface area contributed by atoms with E-state index in [-0.39, 0.29) is 13.0 Å². The minimum atomic E-state index is -0.839. The van der Waals surface area contributed by atoms with Gasteiger partial charge in [-0.25, -0.2) is 4.79 Å². The Morgan fingerprint density at radius 1 is 0.950 bits per heavy atom. The third-order valence-electron chi connectivity index (χ3n) is 2.75. The highest BCUT2D eigenvalue weighted by molar-refractivity contribution is 6.35. The van der Waals surface area contributed by atoms with E-state index in [2.05, 4.69) is 0 Å². The van der Waals surface area contributed by atoms with Gasteiger partial charge in [0.25, 0.3) is 0 Å². The summed E-state index contributed by atoms with van der Waals surface area (Å²) in [6.45, 7) is 0.0912. The van der Waals surface area contributed by atoms with E-state index in [1.807, 2.05) is 30.3 Å². The molecule has 0 saturated heterocycles. The molecular weight excluding hydrogens is 276 g/mol. The van der Waals surface area contributed by atoms with E-state index >= 15 is 0 Å². The summed E-state index contributed by atoms with van der Waals surface area (Å²) in [5, 5.41) is 0.469. The number of hydrogen-bond donors (Lipinski definition) is 0. The molecular formula is C16H13ClO3. The molecule has 20 heavy (non-hydrogen) atoms. The Morgan fingerprint density at radius 3 is 2.30 bits per heavy atom. The molecule has 0 fully saturated rings. The highest BCUT2D eigenvalue weighted by Crippen LogP contribution is 2.15. The fraction of sp³-hybridized carbons (Fsp3) is 0.125. The minimum absolute atomic E-state index is 0.0483. The van der Waals surface area contributed by atoms with Crippen LogP contribution in [0.2, 0.25) is 5.02 Å². The highest BCUT2D eigenvalue weighted by Gasteiger charge is 2.17. The Bertz CT molecular complexity index is 608. The summed E-state index contributed by atoms with van der Waals surface area (Å²) in [7, 11) is 0. The van der Waals surface area contributed by atoms with Gasteiger partial charge in [0.1, 0.15) is 6.61 Å². The number of carbonyl (C=O) groups is 2. The minimum Gasteiger partial charge on any atom is -0.455 e. The van der Waals surface area contributed by atoms with Gasteiger partial charge < -0.3 is 4.74 Å². The molecule has 0 aliphatic rings. The molecule has 0 saturated carbocycles. The summed E-state index contributed by atoms with van der Waals surface area (Å²) in [5.74, 6) is -1.44. The summed E-state index contributed by atoms with van der Waals surface area (Å²) in [6.07, 6.45) is -0.0483. The van der Waals surface area contributed by atoms with Crippen LogP contribution in [-0.2, 0) is 27.4 Å². The van der Waals surface area contributed by atoms with Crippen molar-refractivity contribution in [1.82, 2.24) is 0 Å². The van der Waals surface area contributed by atoms with Crippen molar-refractivity contribution in [3.63, 3.8) is 0 Å². The maximum absolute atomic E-state index is 11.8. The molecule has 2 rings (SSSR count). The van der Waals surface area contributed by atoms with E-state index in [1.54, 1.807) is 24.3 Å². The zero-order valence-electron chi connectivity index (χ0n) is 10.7. The first kappa shape index (κ1) is 14.3. The molecule has 0 spiro atoms. The van der Waals surface area contributed by atoms with Crippen LogP contribution in [0.4, 0.5) is 0 Å². The highest BCUT2D eigenvalue weighted by atomic mass is 35.5. The first-order valence-corrected chi connectivity index (χ1v) is 6.52. The zero-order chi connectivity index (χ0) is 14.4. The van der Waals surface area contributed by atoms with Crippen LogP contribution >= 0.6 is 11.6 Å². The number of benzene rings is 2. The molecule has 0 unspecified atom stereocenters. The van der Waals surface area contributed by atoms with E-state index in [9.17, 15) is 9.59 Å². The fourth-order valence-corrected chi connectivity index (χ4v) is 1.89. The number of hydrogen-bond acceptors (Lipinski definition) is 3. The Kier molecular flexibility index (Phi) is 4.91. The zero-order valence-corrected chi connectivity index (χ0v) is 11.5. The average molecular weight is 289 g/mol.